The zero-order valence-electron chi connectivity index (χ0n) is 18.3. The third kappa shape index (κ3) is 6.71. The summed E-state index contributed by atoms with van der Waals surface area (Å²) in [6.07, 6.45) is 2.38. The maximum atomic E-state index is 10.9. The zero-order valence-corrected chi connectivity index (χ0v) is 19.9. The molecule has 3 aromatic carbocycles. The Morgan fingerprint density at radius 3 is 2.58 bits per heavy atom. The number of hydrogen-bond donors (Lipinski definition) is 2. The van der Waals surface area contributed by atoms with E-state index in [1.54, 1.807) is 24.3 Å². The molecule has 1 aliphatic rings. The number of benzene rings is 3. The summed E-state index contributed by atoms with van der Waals surface area (Å²) in [4.78, 5) is 20.4. The molecule has 0 heterocycles. The molecule has 174 valence electrons. The standard InChI is InChI=1S/C26H26ClNO4.ClH/c1-17(29)31-32-25-11-8-18(9-12-25)20-6-5-19-7-10-24(15-22(19)13-20)28-16-26(30)21-3-2-4-23(27)14-21;/h2-6,8-9,11-14,24,26,28,30H,7,10,15-16H2,1H3;1H/t24-,26-;/m0./s1. The highest BCUT2D eigenvalue weighted by atomic mass is 35.5. The molecule has 33 heavy (non-hydrogen) atoms. The van der Waals surface area contributed by atoms with Gasteiger partial charge in [-0.2, -0.15) is 0 Å². The Morgan fingerprint density at radius 2 is 1.85 bits per heavy atom. The molecule has 0 fully saturated rings. The van der Waals surface area contributed by atoms with Crippen LogP contribution in [0.3, 0.4) is 0 Å². The molecule has 0 aromatic heterocycles. The summed E-state index contributed by atoms with van der Waals surface area (Å²) in [6, 6.07) is 21.7. The minimum atomic E-state index is -0.589. The molecule has 3 aromatic rings. The second-order valence-corrected chi connectivity index (χ2v) is 8.52. The van der Waals surface area contributed by atoms with Crippen molar-refractivity contribution in [2.24, 2.45) is 0 Å². The van der Waals surface area contributed by atoms with Crippen molar-refractivity contribution in [3.05, 3.63) is 88.4 Å². The second-order valence-electron chi connectivity index (χ2n) is 8.08. The van der Waals surface area contributed by atoms with Crippen molar-refractivity contribution in [1.29, 1.82) is 0 Å². The predicted octanol–water partition coefficient (Wildman–Crippen LogP) is 5.47. The van der Waals surface area contributed by atoms with Crippen molar-refractivity contribution in [3.8, 4) is 16.9 Å². The van der Waals surface area contributed by atoms with Gasteiger partial charge in [0.05, 0.1) is 6.10 Å². The first-order valence-electron chi connectivity index (χ1n) is 10.7. The van der Waals surface area contributed by atoms with Gasteiger partial charge in [-0.05, 0) is 71.3 Å². The quantitative estimate of drug-likeness (QED) is 0.341. The van der Waals surface area contributed by atoms with Crippen molar-refractivity contribution in [2.75, 3.05) is 6.54 Å². The molecule has 4 rings (SSSR count). The SMILES string of the molecule is CC(=O)OOc1ccc(-c2ccc3c(c2)C[C@@H](NC[C@H](O)c2cccc(Cl)c2)CC3)cc1.Cl. The molecule has 0 unspecified atom stereocenters. The molecule has 7 heteroatoms. The number of aliphatic hydroxyl groups excluding tert-OH is 1. The summed E-state index contributed by atoms with van der Waals surface area (Å²) in [5, 5.41) is 14.6. The van der Waals surface area contributed by atoms with E-state index >= 15 is 0 Å². The fourth-order valence-electron chi connectivity index (χ4n) is 4.03. The van der Waals surface area contributed by atoms with E-state index in [4.69, 9.17) is 16.5 Å². The van der Waals surface area contributed by atoms with Gasteiger partial charge in [0.15, 0.2) is 5.75 Å². The minimum Gasteiger partial charge on any atom is -0.387 e. The molecule has 0 bridgehead atoms. The molecule has 0 aliphatic heterocycles. The number of rotatable bonds is 7. The molecule has 1 aliphatic carbocycles. The largest absolute Gasteiger partial charge is 0.387 e. The van der Waals surface area contributed by atoms with E-state index < -0.39 is 12.1 Å². The van der Waals surface area contributed by atoms with Gasteiger partial charge in [0.1, 0.15) is 0 Å². The van der Waals surface area contributed by atoms with Gasteiger partial charge < -0.3 is 10.4 Å². The molecule has 2 N–H and O–H groups in total. The van der Waals surface area contributed by atoms with Crippen molar-refractivity contribution >= 4 is 30.0 Å². The Hall–Kier alpha value is -2.57. The predicted molar refractivity (Wildman–Crippen MR) is 132 cm³/mol. The summed E-state index contributed by atoms with van der Waals surface area (Å²) >= 11 is 6.04. The van der Waals surface area contributed by atoms with Gasteiger partial charge in [-0.25, -0.2) is 4.79 Å². The van der Waals surface area contributed by atoms with Crippen LogP contribution in [0, 0.1) is 0 Å². The Balaban J connectivity index is 0.00000306. The van der Waals surface area contributed by atoms with Crippen molar-refractivity contribution in [3.63, 3.8) is 0 Å². The van der Waals surface area contributed by atoms with Gasteiger partial charge in [-0.1, -0.05) is 54.1 Å². The summed E-state index contributed by atoms with van der Waals surface area (Å²) < 4.78 is 0. The van der Waals surface area contributed by atoms with Crippen LogP contribution in [-0.4, -0.2) is 23.7 Å². The Morgan fingerprint density at radius 1 is 1.09 bits per heavy atom. The van der Waals surface area contributed by atoms with E-state index in [0.29, 0.717) is 23.4 Å². The van der Waals surface area contributed by atoms with E-state index in [2.05, 4.69) is 28.4 Å². The second kappa shape index (κ2) is 11.5. The molecule has 0 amide bonds. The van der Waals surface area contributed by atoms with E-state index in [0.717, 1.165) is 36.0 Å². The third-order valence-corrected chi connectivity index (χ3v) is 5.95. The smallest absolute Gasteiger partial charge is 0.352 e. The lowest BCUT2D eigenvalue weighted by molar-refractivity contribution is -0.210. The first-order chi connectivity index (χ1) is 15.5. The lowest BCUT2D eigenvalue weighted by Gasteiger charge is -2.27. The van der Waals surface area contributed by atoms with E-state index in [-0.39, 0.29) is 12.4 Å². The molecule has 0 radical (unpaired) electrons. The summed E-state index contributed by atoms with van der Waals surface area (Å²) in [5.41, 5.74) is 5.71. The van der Waals surface area contributed by atoms with Gasteiger partial charge >= 0.3 is 5.97 Å². The maximum Gasteiger partial charge on any atom is 0.352 e. The fraction of sp³-hybridized carbons (Fsp3) is 0.269. The maximum absolute atomic E-state index is 10.9. The van der Waals surface area contributed by atoms with E-state index in [9.17, 15) is 9.90 Å². The number of fused-ring (bicyclic) bond motifs is 1. The fourth-order valence-corrected chi connectivity index (χ4v) is 4.23. The number of aryl methyl sites for hydroxylation is 1. The Bertz CT molecular complexity index is 1090. The molecule has 0 saturated carbocycles. The number of carbonyl (C=O) groups is 1. The number of carbonyl (C=O) groups excluding carboxylic acids is 1. The first-order valence-corrected chi connectivity index (χ1v) is 11.1. The molecule has 0 saturated heterocycles. The zero-order chi connectivity index (χ0) is 22.5. The number of nitrogens with one attached hydrogen (secondary N) is 1. The van der Waals surface area contributed by atoms with Crippen LogP contribution in [0.2, 0.25) is 5.02 Å². The van der Waals surface area contributed by atoms with Crippen LogP contribution in [0.15, 0.2) is 66.7 Å². The van der Waals surface area contributed by atoms with Crippen molar-refractivity contribution in [1.82, 2.24) is 5.32 Å². The summed E-state index contributed by atoms with van der Waals surface area (Å²) in [5.74, 6) is -0.0172. The van der Waals surface area contributed by atoms with Gasteiger partial charge in [0.2, 0.25) is 0 Å². The van der Waals surface area contributed by atoms with Gasteiger partial charge in [0, 0.05) is 24.5 Å². The highest BCUT2D eigenvalue weighted by Crippen LogP contribution is 2.29. The highest BCUT2D eigenvalue weighted by molar-refractivity contribution is 6.30. The van der Waals surface area contributed by atoms with Crippen molar-refractivity contribution in [2.45, 2.75) is 38.3 Å². The highest BCUT2D eigenvalue weighted by Gasteiger charge is 2.20. The minimum absolute atomic E-state index is 0. The number of halogens is 2. The average Bonchev–Trinajstić information content (AvgIpc) is 2.81. The van der Waals surface area contributed by atoms with E-state index in [1.165, 1.54) is 18.1 Å². The van der Waals surface area contributed by atoms with Crippen LogP contribution in [0.1, 0.15) is 36.1 Å². The van der Waals surface area contributed by atoms with Crippen LogP contribution in [0.4, 0.5) is 0 Å². The monoisotopic (exact) mass is 487 g/mol. The van der Waals surface area contributed by atoms with Crippen LogP contribution < -0.4 is 10.2 Å². The van der Waals surface area contributed by atoms with E-state index in [1.807, 2.05) is 24.3 Å². The summed E-state index contributed by atoms with van der Waals surface area (Å²) in [7, 11) is 0. The summed E-state index contributed by atoms with van der Waals surface area (Å²) in [6.45, 7) is 1.78. The topological polar surface area (TPSA) is 67.8 Å². The van der Waals surface area contributed by atoms with Gasteiger partial charge in [-0.15, -0.1) is 12.4 Å². The van der Waals surface area contributed by atoms with Gasteiger partial charge in [-0.3, -0.25) is 9.78 Å². The lowest BCUT2D eigenvalue weighted by Crippen LogP contribution is -2.37. The normalized spacial score (nSPS) is 15.7. The molecule has 2 atom stereocenters. The van der Waals surface area contributed by atoms with Crippen molar-refractivity contribution < 1.29 is 19.7 Å². The van der Waals surface area contributed by atoms with Crippen LogP contribution in [0.5, 0.6) is 5.75 Å². The Labute approximate surface area is 205 Å². The first kappa shape index (κ1) is 25.1. The van der Waals surface area contributed by atoms with Crippen LogP contribution >= 0.6 is 24.0 Å². The third-order valence-electron chi connectivity index (χ3n) is 5.71. The van der Waals surface area contributed by atoms with Crippen LogP contribution in [0.25, 0.3) is 11.1 Å². The van der Waals surface area contributed by atoms with Gasteiger partial charge in [0.25, 0.3) is 0 Å². The molecule has 5 nitrogen and oxygen atoms in total. The Kier molecular flexibility index (Phi) is 8.75. The van der Waals surface area contributed by atoms with Crippen LogP contribution in [-0.2, 0) is 22.5 Å². The number of hydrogen-bond acceptors (Lipinski definition) is 5. The molecular weight excluding hydrogens is 461 g/mol. The molecule has 0 spiro atoms. The molecular formula is C26H27Cl2NO4. The number of aliphatic hydroxyl groups is 1. The lowest BCUT2D eigenvalue weighted by atomic mass is 9.86. The average molecular weight is 488 g/mol.